The molecule has 0 radical (unpaired) electrons. The highest BCUT2D eigenvalue weighted by Crippen LogP contribution is 2.10. The summed E-state index contributed by atoms with van der Waals surface area (Å²) in [5, 5.41) is 0. The number of esters is 1. The van der Waals surface area contributed by atoms with Gasteiger partial charge in [0.15, 0.2) is 0 Å². The fourth-order valence-corrected chi connectivity index (χ4v) is 1.21. The topological polar surface area (TPSA) is 43.4 Å². The zero-order valence-electron chi connectivity index (χ0n) is 8.33. The van der Waals surface area contributed by atoms with Gasteiger partial charge in [0.2, 0.25) is 0 Å². The van der Waals surface area contributed by atoms with E-state index in [4.69, 9.17) is 4.74 Å². The van der Waals surface area contributed by atoms with E-state index in [1.807, 2.05) is 0 Å². The van der Waals surface area contributed by atoms with Crippen LogP contribution >= 0.6 is 0 Å². The van der Waals surface area contributed by atoms with Gasteiger partial charge >= 0.3 is 5.97 Å². The second kappa shape index (κ2) is 5.24. The van der Waals surface area contributed by atoms with Crippen LogP contribution in [0.25, 0.3) is 0 Å². The van der Waals surface area contributed by atoms with E-state index in [9.17, 15) is 14.0 Å². The van der Waals surface area contributed by atoms with Crippen LogP contribution in [0, 0.1) is 5.82 Å². The molecule has 3 nitrogen and oxygen atoms in total. The quantitative estimate of drug-likeness (QED) is 0.561. The van der Waals surface area contributed by atoms with Gasteiger partial charge in [-0.3, -0.25) is 9.59 Å². The van der Waals surface area contributed by atoms with Crippen molar-refractivity contribution in [3.63, 3.8) is 0 Å². The fraction of sp³-hybridized carbons (Fsp3) is 0.273. The third-order valence-corrected chi connectivity index (χ3v) is 1.87. The number of benzene rings is 1. The zero-order chi connectivity index (χ0) is 11.3. The number of aldehydes is 1. The van der Waals surface area contributed by atoms with Crippen LogP contribution in [0.5, 0.6) is 0 Å². The summed E-state index contributed by atoms with van der Waals surface area (Å²) in [6, 6.07) is 3.69. The van der Waals surface area contributed by atoms with Gasteiger partial charge in [0.05, 0.1) is 13.0 Å². The number of ether oxygens (including phenoxy) is 1. The lowest BCUT2D eigenvalue weighted by Gasteiger charge is -2.04. The Morgan fingerprint density at radius 2 is 2.27 bits per heavy atom. The summed E-state index contributed by atoms with van der Waals surface area (Å²) < 4.78 is 17.6. The molecule has 1 aromatic carbocycles. The molecule has 15 heavy (non-hydrogen) atoms. The van der Waals surface area contributed by atoms with Crippen molar-refractivity contribution in [3.05, 3.63) is 35.1 Å². The lowest BCUT2D eigenvalue weighted by Crippen LogP contribution is -2.09. The summed E-state index contributed by atoms with van der Waals surface area (Å²) in [5.74, 6) is -0.939. The molecule has 0 saturated heterocycles. The molecule has 0 aliphatic rings. The van der Waals surface area contributed by atoms with E-state index >= 15 is 0 Å². The van der Waals surface area contributed by atoms with Crippen LogP contribution < -0.4 is 0 Å². The first-order chi connectivity index (χ1) is 7.17. The van der Waals surface area contributed by atoms with Gasteiger partial charge < -0.3 is 4.74 Å². The minimum absolute atomic E-state index is 0.0837. The molecule has 1 rings (SSSR count). The summed E-state index contributed by atoms with van der Waals surface area (Å²) in [6.07, 6.45) is 0.508. The number of carbonyl (C=O) groups is 2. The molecule has 0 aliphatic heterocycles. The van der Waals surface area contributed by atoms with E-state index in [1.54, 1.807) is 6.92 Å². The van der Waals surface area contributed by atoms with Crippen LogP contribution in [0.1, 0.15) is 22.8 Å². The SMILES string of the molecule is CCOC(=O)Cc1cc(F)ccc1C=O. The Morgan fingerprint density at radius 3 is 2.87 bits per heavy atom. The van der Waals surface area contributed by atoms with Crippen molar-refractivity contribution >= 4 is 12.3 Å². The molecular formula is C11H11FO3. The van der Waals surface area contributed by atoms with Crippen molar-refractivity contribution in [1.82, 2.24) is 0 Å². The summed E-state index contributed by atoms with van der Waals surface area (Å²) in [6.45, 7) is 1.95. The summed E-state index contributed by atoms with van der Waals surface area (Å²) in [4.78, 5) is 21.7. The van der Waals surface area contributed by atoms with E-state index in [0.717, 1.165) is 0 Å². The third kappa shape index (κ3) is 3.16. The highest BCUT2D eigenvalue weighted by atomic mass is 19.1. The molecule has 0 amide bonds. The smallest absolute Gasteiger partial charge is 0.310 e. The number of hydrogen-bond donors (Lipinski definition) is 0. The molecule has 0 atom stereocenters. The largest absolute Gasteiger partial charge is 0.466 e. The second-order valence-corrected chi connectivity index (χ2v) is 2.94. The molecule has 0 heterocycles. The molecule has 4 heteroatoms. The molecule has 0 spiro atoms. The lowest BCUT2D eigenvalue weighted by molar-refractivity contribution is -0.142. The van der Waals surface area contributed by atoms with Crippen LogP contribution in [0.4, 0.5) is 4.39 Å². The van der Waals surface area contributed by atoms with Crippen molar-refractivity contribution in [2.24, 2.45) is 0 Å². The first-order valence-electron chi connectivity index (χ1n) is 4.56. The van der Waals surface area contributed by atoms with Crippen LogP contribution in [-0.2, 0) is 16.0 Å². The standard InChI is InChI=1S/C11H11FO3/c1-2-15-11(14)6-9-5-10(12)4-3-8(9)7-13/h3-5,7H,2,6H2,1H3. The van der Waals surface area contributed by atoms with Crippen molar-refractivity contribution in [2.45, 2.75) is 13.3 Å². The van der Waals surface area contributed by atoms with Crippen LogP contribution in [0.2, 0.25) is 0 Å². The Morgan fingerprint density at radius 1 is 1.53 bits per heavy atom. The number of halogens is 1. The second-order valence-electron chi connectivity index (χ2n) is 2.94. The van der Waals surface area contributed by atoms with Gasteiger partial charge in [-0.1, -0.05) is 0 Å². The number of hydrogen-bond acceptors (Lipinski definition) is 3. The predicted octanol–water partition coefficient (Wildman–Crippen LogP) is 1.74. The number of carbonyl (C=O) groups excluding carboxylic acids is 2. The molecule has 0 N–H and O–H groups in total. The van der Waals surface area contributed by atoms with Crippen molar-refractivity contribution in [1.29, 1.82) is 0 Å². The van der Waals surface area contributed by atoms with E-state index in [2.05, 4.69) is 0 Å². The molecule has 0 aliphatic carbocycles. The summed E-state index contributed by atoms with van der Waals surface area (Å²) in [5.41, 5.74) is 0.660. The highest BCUT2D eigenvalue weighted by Gasteiger charge is 2.09. The first-order valence-corrected chi connectivity index (χ1v) is 4.56. The Kier molecular flexibility index (Phi) is 3.97. The first kappa shape index (κ1) is 11.4. The minimum atomic E-state index is -0.472. The molecule has 0 unspecified atom stereocenters. The molecule has 1 aromatic rings. The maximum atomic E-state index is 12.9. The molecular weight excluding hydrogens is 199 g/mol. The van der Waals surface area contributed by atoms with E-state index in [1.165, 1.54) is 18.2 Å². The van der Waals surface area contributed by atoms with Gasteiger partial charge in [-0.05, 0) is 30.7 Å². The third-order valence-electron chi connectivity index (χ3n) is 1.87. The van der Waals surface area contributed by atoms with Crippen LogP contribution in [0.3, 0.4) is 0 Å². The Labute approximate surface area is 86.9 Å². The van der Waals surface area contributed by atoms with Crippen molar-refractivity contribution in [3.8, 4) is 0 Å². The van der Waals surface area contributed by atoms with Crippen LogP contribution in [0.15, 0.2) is 18.2 Å². The molecule has 80 valence electrons. The summed E-state index contributed by atoms with van der Waals surface area (Å²) in [7, 11) is 0. The zero-order valence-corrected chi connectivity index (χ0v) is 8.33. The fourth-order valence-electron chi connectivity index (χ4n) is 1.21. The normalized spacial score (nSPS) is 9.73. The Balaban J connectivity index is 2.87. The average molecular weight is 210 g/mol. The van der Waals surface area contributed by atoms with Gasteiger partial charge in [0.25, 0.3) is 0 Å². The Hall–Kier alpha value is -1.71. The van der Waals surface area contributed by atoms with Gasteiger partial charge in [-0.25, -0.2) is 4.39 Å². The number of rotatable bonds is 4. The maximum Gasteiger partial charge on any atom is 0.310 e. The van der Waals surface area contributed by atoms with Gasteiger partial charge in [0, 0.05) is 5.56 Å². The van der Waals surface area contributed by atoms with Crippen molar-refractivity contribution in [2.75, 3.05) is 6.61 Å². The average Bonchev–Trinajstić information content (AvgIpc) is 2.18. The molecule has 0 aromatic heterocycles. The minimum Gasteiger partial charge on any atom is -0.466 e. The van der Waals surface area contributed by atoms with Gasteiger partial charge in [0.1, 0.15) is 12.1 Å². The highest BCUT2D eigenvalue weighted by molar-refractivity contribution is 5.81. The Bertz CT molecular complexity index is 374. The van der Waals surface area contributed by atoms with E-state index in [0.29, 0.717) is 17.4 Å². The van der Waals surface area contributed by atoms with Gasteiger partial charge in [-0.2, -0.15) is 0 Å². The van der Waals surface area contributed by atoms with Crippen molar-refractivity contribution < 1.29 is 18.7 Å². The maximum absolute atomic E-state index is 12.9. The van der Waals surface area contributed by atoms with Crippen LogP contribution in [-0.4, -0.2) is 18.9 Å². The van der Waals surface area contributed by atoms with Gasteiger partial charge in [-0.15, -0.1) is 0 Å². The monoisotopic (exact) mass is 210 g/mol. The summed E-state index contributed by atoms with van der Waals surface area (Å²) >= 11 is 0. The van der Waals surface area contributed by atoms with E-state index in [-0.39, 0.29) is 13.0 Å². The van der Waals surface area contributed by atoms with E-state index < -0.39 is 11.8 Å². The lowest BCUT2D eigenvalue weighted by atomic mass is 10.1. The predicted molar refractivity (Wildman–Crippen MR) is 52.1 cm³/mol. The molecule has 0 saturated carbocycles. The molecule has 0 fully saturated rings. The molecule has 0 bridgehead atoms.